The Bertz CT molecular complexity index is 334. The molecule has 144 valence electrons. The maximum atomic E-state index is 11.7. The molecule has 0 saturated carbocycles. The van der Waals surface area contributed by atoms with E-state index in [1.54, 1.807) is 0 Å². The number of carbonyl (C=O) groups excluding carboxylic acids is 1. The zero-order valence-corrected chi connectivity index (χ0v) is 18.4. The number of hydrogen-bond donors (Lipinski definition) is 0. The van der Waals surface area contributed by atoms with E-state index >= 15 is 0 Å². The second kappa shape index (κ2) is 12.1. The fraction of sp³-hybridized carbons (Fsp3) is 0.950. The van der Waals surface area contributed by atoms with Crippen LogP contribution >= 0.6 is 0 Å². The van der Waals surface area contributed by atoms with E-state index < -0.39 is 8.32 Å². The molecule has 0 rings (SSSR count). The van der Waals surface area contributed by atoms with E-state index in [0.29, 0.717) is 6.42 Å². The molecule has 0 spiro atoms. The fourth-order valence-electron chi connectivity index (χ4n) is 2.57. The van der Waals surface area contributed by atoms with E-state index in [4.69, 9.17) is 9.16 Å². The molecule has 0 aromatic rings. The summed E-state index contributed by atoms with van der Waals surface area (Å²) in [6, 6.07) is 0. The molecule has 0 saturated heterocycles. The summed E-state index contributed by atoms with van der Waals surface area (Å²) in [4.78, 5) is 11.7. The van der Waals surface area contributed by atoms with Crippen molar-refractivity contribution in [3.05, 3.63) is 0 Å². The Morgan fingerprint density at radius 1 is 0.958 bits per heavy atom. The first-order valence-corrected chi connectivity index (χ1v) is 12.8. The highest BCUT2D eigenvalue weighted by atomic mass is 28.4. The smallest absolute Gasteiger partial charge is 0.308 e. The second-order valence-electron chi connectivity index (χ2n) is 8.54. The van der Waals surface area contributed by atoms with Gasteiger partial charge in [-0.2, -0.15) is 0 Å². The van der Waals surface area contributed by atoms with Gasteiger partial charge in [-0.15, -0.1) is 0 Å². The minimum absolute atomic E-state index is 0.0124. The van der Waals surface area contributed by atoms with E-state index in [1.807, 2.05) is 0 Å². The quantitative estimate of drug-likeness (QED) is 0.215. The lowest BCUT2D eigenvalue weighted by molar-refractivity contribution is -0.142. The van der Waals surface area contributed by atoms with E-state index in [1.165, 1.54) is 52.1 Å². The molecular formula is C20H42O3Si. The van der Waals surface area contributed by atoms with Crippen LogP contribution in [0, 0.1) is 0 Å². The first-order valence-electron chi connectivity index (χ1n) is 9.88. The van der Waals surface area contributed by atoms with Crippen LogP contribution in [0.5, 0.6) is 0 Å². The Labute approximate surface area is 152 Å². The maximum absolute atomic E-state index is 11.7. The van der Waals surface area contributed by atoms with Gasteiger partial charge in [0, 0.05) is 0 Å². The summed E-state index contributed by atoms with van der Waals surface area (Å²) in [6.07, 6.45) is 11.8. The summed E-state index contributed by atoms with van der Waals surface area (Å²) in [5.74, 6) is -0.154. The van der Waals surface area contributed by atoms with Crippen LogP contribution in [0.2, 0.25) is 18.1 Å². The number of ether oxygens (including phenoxy) is 1. The molecule has 0 aliphatic heterocycles. The molecule has 0 heterocycles. The molecule has 0 fully saturated rings. The summed E-state index contributed by atoms with van der Waals surface area (Å²) in [6.45, 7) is 13.5. The molecule has 1 unspecified atom stereocenters. The van der Waals surface area contributed by atoms with Gasteiger partial charge in [0.05, 0.1) is 19.6 Å². The van der Waals surface area contributed by atoms with Gasteiger partial charge in [-0.25, -0.2) is 0 Å². The van der Waals surface area contributed by atoms with E-state index in [0.717, 1.165) is 12.8 Å². The molecule has 0 aliphatic rings. The van der Waals surface area contributed by atoms with Gasteiger partial charge >= 0.3 is 5.97 Å². The molecule has 3 nitrogen and oxygen atoms in total. The zero-order valence-electron chi connectivity index (χ0n) is 17.4. The maximum Gasteiger partial charge on any atom is 0.308 e. The summed E-state index contributed by atoms with van der Waals surface area (Å²) >= 11 is 0. The Kier molecular flexibility index (Phi) is 11.9. The highest BCUT2D eigenvalue weighted by Gasteiger charge is 2.39. The van der Waals surface area contributed by atoms with Gasteiger partial charge in [0.25, 0.3) is 0 Å². The molecule has 24 heavy (non-hydrogen) atoms. The third-order valence-corrected chi connectivity index (χ3v) is 9.80. The Morgan fingerprint density at radius 3 is 1.92 bits per heavy atom. The average Bonchev–Trinajstić information content (AvgIpc) is 2.48. The lowest BCUT2D eigenvalue weighted by atomic mass is 10.0. The third kappa shape index (κ3) is 10.5. The Balaban J connectivity index is 4.26. The van der Waals surface area contributed by atoms with Crippen molar-refractivity contribution < 1.29 is 14.0 Å². The predicted molar refractivity (Wildman–Crippen MR) is 106 cm³/mol. The van der Waals surface area contributed by atoms with Gasteiger partial charge in [0.15, 0.2) is 8.32 Å². The van der Waals surface area contributed by atoms with Crippen LogP contribution in [-0.4, -0.2) is 27.5 Å². The number of esters is 1. The van der Waals surface area contributed by atoms with Crippen LogP contribution in [0.1, 0.15) is 91.9 Å². The fourth-order valence-corrected chi connectivity index (χ4v) is 3.96. The van der Waals surface area contributed by atoms with Crippen LogP contribution in [-0.2, 0) is 14.0 Å². The van der Waals surface area contributed by atoms with Crippen LogP contribution in [0.15, 0.2) is 0 Å². The first-order chi connectivity index (χ1) is 11.1. The van der Waals surface area contributed by atoms with Gasteiger partial charge < -0.3 is 9.16 Å². The Morgan fingerprint density at radius 2 is 1.46 bits per heavy atom. The van der Waals surface area contributed by atoms with Crippen molar-refractivity contribution >= 4 is 14.3 Å². The zero-order chi connectivity index (χ0) is 18.6. The molecule has 0 bridgehead atoms. The molecule has 0 N–H and O–H groups in total. The Hall–Kier alpha value is -0.353. The first kappa shape index (κ1) is 23.6. The van der Waals surface area contributed by atoms with Crippen LogP contribution in [0.25, 0.3) is 0 Å². The van der Waals surface area contributed by atoms with Crippen LogP contribution in [0.3, 0.4) is 0 Å². The van der Waals surface area contributed by atoms with Crippen molar-refractivity contribution in [2.75, 3.05) is 7.11 Å². The number of hydrogen-bond acceptors (Lipinski definition) is 3. The van der Waals surface area contributed by atoms with Gasteiger partial charge in [-0.3, -0.25) is 4.79 Å². The molecule has 0 aliphatic carbocycles. The lowest BCUT2D eigenvalue weighted by Gasteiger charge is -2.39. The van der Waals surface area contributed by atoms with Crippen molar-refractivity contribution in [1.29, 1.82) is 0 Å². The van der Waals surface area contributed by atoms with Gasteiger partial charge in [-0.1, -0.05) is 79.1 Å². The van der Waals surface area contributed by atoms with Crippen molar-refractivity contribution in [1.82, 2.24) is 0 Å². The predicted octanol–water partition coefficient (Wildman–Crippen LogP) is 6.47. The van der Waals surface area contributed by atoms with Gasteiger partial charge in [0.2, 0.25) is 0 Å². The van der Waals surface area contributed by atoms with Crippen LogP contribution in [0.4, 0.5) is 0 Å². The van der Waals surface area contributed by atoms with E-state index in [2.05, 4.69) is 40.8 Å². The summed E-state index contributed by atoms with van der Waals surface area (Å²) in [5, 5.41) is 0.167. The van der Waals surface area contributed by atoms with Crippen molar-refractivity contribution in [2.24, 2.45) is 0 Å². The second-order valence-corrected chi connectivity index (χ2v) is 13.3. The highest BCUT2D eigenvalue weighted by molar-refractivity contribution is 6.74. The topological polar surface area (TPSA) is 35.5 Å². The molecule has 0 radical (unpaired) electrons. The number of methoxy groups -OCH3 is 1. The molecule has 4 heteroatoms. The van der Waals surface area contributed by atoms with Crippen molar-refractivity contribution in [3.8, 4) is 0 Å². The normalized spacial score (nSPS) is 13.8. The lowest BCUT2D eigenvalue weighted by Crippen LogP contribution is -2.44. The largest absolute Gasteiger partial charge is 0.469 e. The molecule has 0 aromatic heterocycles. The van der Waals surface area contributed by atoms with Crippen molar-refractivity contribution in [2.45, 2.75) is 116 Å². The third-order valence-electron chi connectivity index (χ3n) is 5.27. The highest BCUT2D eigenvalue weighted by Crippen LogP contribution is 2.38. The minimum atomic E-state index is -1.85. The molecule has 0 aromatic carbocycles. The van der Waals surface area contributed by atoms with E-state index in [-0.39, 0.29) is 17.1 Å². The molecule has 1 atom stereocenters. The summed E-state index contributed by atoms with van der Waals surface area (Å²) < 4.78 is 11.3. The van der Waals surface area contributed by atoms with Gasteiger partial charge in [-0.05, 0) is 24.6 Å². The number of rotatable bonds is 13. The monoisotopic (exact) mass is 358 g/mol. The molecular weight excluding hydrogens is 316 g/mol. The standard InChI is InChI=1S/C20H42O3Si/c1-8-9-10-11-12-13-14-15-16-18(17-19(21)22-5)23-24(6,7)20(2,3)4/h18H,8-17H2,1-7H3. The van der Waals surface area contributed by atoms with E-state index in [9.17, 15) is 4.79 Å². The summed E-state index contributed by atoms with van der Waals surface area (Å²) in [5.41, 5.74) is 0. The average molecular weight is 359 g/mol. The number of unbranched alkanes of at least 4 members (excludes halogenated alkanes) is 7. The minimum Gasteiger partial charge on any atom is -0.469 e. The van der Waals surface area contributed by atoms with Crippen molar-refractivity contribution in [3.63, 3.8) is 0 Å². The number of carbonyl (C=O) groups is 1. The molecule has 0 amide bonds. The van der Waals surface area contributed by atoms with Gasteiger partial charge in [0.1, 0.15) is 0 Å². The summed E-state index contributed by atoms with van der Waals surface area (Å²) in [7, 11) is -0.385. The van der Waals surface area contributed by atoms with Crippen LogP contribution < -0.4 is 0 Å². The SMILES string of the molecule is CCCCCCCCCCC(CC(=O)OC)O[Si](C)(C)C(C)(C)C.